The molecule has 0 radical (unpaired) electrons. The van der Waals surface area contributed by atoms with E-state index in [4.69, 9.17) is 0 Å². The molecule has 1 aromatic carbocycles. The fourth-order valence-corrected chi connectivity index (χ4v) is 2.42. The third kappa shape index (κ3) is 2.98. The highest BCUT2D eigenvalue weighted by molar-refractivity contribution is 6.06. The van der Waals surface area contributed by atoms with E-state index >= 15 is 0 Å². The van der Waals surface area contributed by atoms with E-state index in [-0.39, 0.29) is 24.3 Å². The van der Waals surface area contributed by atoms with Gasteiger partial charge in [-0.2, -0.15) is 0 Å². The number of hydrogen-bond acceptors (Lipinski definition) is 2. The predicted molar refractivity (Wildman–Crippen MR) is 74.9 cm³/mol. The fraction of sp³-hybridized carbons (Fsp3) is 0.467. The van der Waals surface area contributed by atoms with Crippen LogP contribution in [0.4, 0.5) is 10.1 Å². The van der Waals surface area contributed by atoms with E-state index in [9.17, 15) is 14.0 Å². The van der Waals surface area contributed by atoms with E-state index in [1.807, 2.05) is 13.8 Å². The number of nitrogens with one attached hydrogen (secondary N) is 1. The van der Waals surface area contributed by atoms with Crippen LogP contribution in [0, 0.1) is 18.7 Å². The van der Waals surface area contributed by atoms with Crippen molar-refractivity contribution in [1.29, 1.82) is 0 Å². The van der Waals surface area contributed by atoms with Crippen LogP contribution < -0.4 is 10.2 Å². The molecule has 1 unspecified atom stereocenters. The lowest BCUT2D eigenvalue weighted by Gasteiger charge is -2.34. The molecule has 0 aliphatic carbocycles. The molecule has 5 heteroatoms. The van der Waals surface area contributed by atoms with Crippen molar-refractivity contribution in [2.75, 3.05) is 11.4 Å². The molecule has 2 amide bonds. The van der Waals surface area contributed by atoms with Gasteiger partial charge in [-0.1, -0.05) is 19.9 Å². The number of amides is 2. The molecule has 0 spiro atoms. The minimum Gasteiger partial charge on any atom is -0.343 e. The third-order valence-corrected chi connectivity index (χ3v) is 3.37. The van der Waals surface area contributed by atoms with Crippen LogP contribution >= 0.6 is 0 Å². The van der Waals surface area contributed by atoms with E-state index in [2.05, 4.69) is 5.32 Å². The zero-order valence-electron chi connectivity index (χ0n) is 11.9. The van der Waals surface area contributed by atoms with Crippen LogP contribution in [0.15, 0.2) is 18.2 Å². The lowest BCUT2D eigenvalue weighted by molar-refractivity contribution is -0.131. The van der Waals surface area contributed by atoms with Crippen LogP contribution in [0.5, 0.6) is 0 Å². The number of nitrogens with zero attached hydrogens (tertiary/aromatic N) is 1. The molecule has 1 aliphatic rings. The zero-order valence-corrected chi connectivity index (χ0v) is 11.9. The van der Waals surface area contributed by atoms with Crippen LogP contribution in [0.2, 0.25) is 0 Å². The van der Waals surface area contributed by atoms with Crippen molar-refractivity contribution in [3.8, 4) is 0 Å². The Kier molecular flexibility index (Phi) is 4.06. The van der Waals surface area contributed by atoms with Crippen molar-refractivity contribution < 1.29 is 14.0 Å². The quantitative estimate of drug-likeness (QED) is 0.919. The number of aryl methyl sites for hydroxylation is 1. The summed E-state index contributed by atoms with van der Waals surface area (Å²) in [4.78, 5) is 25.6. The molecule has 1 atom stereocenters. The summed E-state index contributed by atoms with van der Waals surface area (Å²) in [5, 5.41) is 2.71. The molecular formula is C15H19FN2O2. The Morgan fingerprint density at radius 2 is 2.10 bits per heavy atom. The number of rotatable bonds is 3. The monoisotopic (exact) mass is 278 g/mol. The van der Waals surface area contributed by atoms with Crippen LogP contribution in [0.25, 0.3) is 0 Å². The highest BCUT2D eigenvalue weighted by Crippen LogP contribution is 2.24. The molecule has 1 N–H and O–H groups in total. The molecule has 1 aliphatic heterocycles. The molecule has 2 rings (SSSR count). The normalized spacial score (nSPS) is 19.4. The second-order valence-electron chi connectivity index (χ2n) is 5.60. The van der Waals surface area contributed by atoms with E-state index < -0.39 is 11.9 Å². The van der Waals surface area contributed by atoms with Gasteiger partial charge in [0.15, 0.2) is 0 Å². The van der Waals surface area contributed by atoms with Crippen molar-refractivity contribution in [1.82, 2.24) is 5.32 Å². The van der Waals surface area contributed by atoms with Crippen molar-refractivity contribution in [3.05, 3.63) is 29.6 Å². The van der Waals surface area contributed by atoms with E-state index in [1.165, 1.54) is 17.0 Å². The first kappa shape index (κ1) is 14.5. The van der Waals surface area contributed by atoms with Gasteiger partial charge in [-0.05, 0) is 37.0 Å². The number of hydrogen-bond donors (Lipinski definition) is 1. The molecule has 1 aromatic rings. The summed E-state index contributed by atoms with van der Waals surface area (Å²) in [5.41, 5.74) is 1.25. The Hall–Kier alpha value is -1.91. The van der Waals surface area contributed by atoms with E-state index in [0.717, 1.165) is 5.56 Å². The maximum Gasteiger partial charge on any atom is 0.250 e. The average Bonchev–Trinajstić information content (AvgIpc) is 2.36. The zero-order chi connectivity index (χ0) is 14.9. The van der Waals surface area contributed by atoms with Gasteiger partial charge in [0.2, 0.25) is 11.8 Å². The molecule has 20 heavy (non-hydrogen) atoms. The first-order valence-electron chi connectivity index (χ1n) is 6.75. The SMILES string of the molecule is Cc1ccc(F)cc1N1CC(=O)NC(CC(C)C)C1=O. The summed E-state index contributed by atoms with van der Waals surface area (Å²) in [5.74, 6) is -0.506. The van der Waals surface area contributed by atoms with Gasteiger partial charge in [0.25, 0.3) is 0 Å². The predicted octanol–water partition coefficient (Wildman–Crippen LogP) is 2.01. The Morgan fingerprint density at radius 3 is 2.75 bits per heavy atom. The third-order valence-electron chi connectivity index (χ3n) is 3.37. The van der Waals surface area contributed by atoms with Crippen molar-refractivity contribution >= 4 is 17.5 Å². The summed E-state index contributed by atoms with van der Waals surface area (Å²) in [7, 11) is 0. The molecule has 108 valence electrons. The van der Waals surface area contributed by atoms with E-state index in [1.54, 1.807) is 13.0 Å². The molecule has 0 bridgehead atoms. The maximum absolute atomic E-state index is 13.4. The fourth-order valence-electron chi connectivity index (χ4n) is 2.42. The van der Waals surface area contributed by atoms with Crippen molar-refractivity contribution in [2.24, 2.45) is 5.92 Å². The van der Waals surface area contributed by atoms with Crippen molar-refractivity contribution in [2.45, 2.75) is 33.2 Å². The van der Waals surface area contributed by atoms with E-state index in [0.29, 0.717) is 12.1 Å². The number of halogens is 1. The molecular weight excluding hydrogens is 259 g/mol. The van der Waals surface area contributed by atoms with Gasteiger partial charge in [-0.3, -0.25) is 9.59 Å². The Balaban J connectivity index is 2.32. The molecule has 1 heterocycles. The maximum atomic E-state index is 13.4. The summed E-state index contributed by atoms with van der Waals surface area (Å²) in [6, 6.07) is 3.73. The number of carbonyl (C=O) groups excluding carboxylic acids is 2. The minimum absolute atomic E-state index is 0.0578. The number of anilines is 1. The standard InChI is InChI=1S/C15H19FN2O2/c1-9(2)6-12-15(20)18(8-14(19)17-12)13-7-11(16)5-4-10(13)3/h4-5,7,9,12H,6,8H2,1-3H3,(H,17,19). The molecule has 1 fully saturated rings. The smallest absolute Gasteiger partial charge is 0.250 e. The van der Waals surface area contributed by atoms with Crippen LogP contribution in [0.1, 0.15) is 25.8 Å². The number of carbonyl (C=O) groups is 2. The summed E-state index contributed by atoms with van der Waals surface area (Å²) in [6.45, 7) is 5.72. The van der Waals surface area contributed by atoms with Crippen LogP contribution in [-0.2, 0) is 9.59 Å². The van der Waals surface area contributed by atoms with Gasteiger partial charge in [-0.15, -0.1) is 0 Å². The minimum atomic E-state index is -0.529. The molecule has 0 saturated carbocycles. The Morgan fingerprint density at radius 1 is 1.40 bits per heavy atom. The Bertz CT molecular complexity index is 543. The van der Waals surface area contributed by atoms with Crippen LogP contribution in [-0.4, -0.2) is 24.4 Å². The second-order valence-corrected chi connectivity index (χ2v) is 5.60. The summed E-state index contributed by atoms with van der Waals surface area (Å²) in [6.07, 6.45) is 0.579. The van der Waals surface area contributed by atoms with Gasteiger partial charge in [0.1, 0.15) is 18.4 Å². The first-order valence-corrected chi connectivity index (χ1v) is 6.75. The topological polar surface area (TPSA) is 49.4 Å². The van der Waals surface area contributed by atoms with Gasteiger partial charge in [0, 0.05) is 0 Å². The number of piperazine rings is 1. The largest absolute Gasteiger partial charge is 0.343 e. The highest BCUT2D eigenvalue weighted by Gasteiger charge is 2.34. The average molecular weight is 278 g/mol. The molecule has 1 saturated heterocycles. The summed E-state index contributed by atoms with van der Waals surface area (Å²) >= 11 is 0. The number of benzene rings is 1. The second kappa shape index (κ2) is 5.61. The highest BCUT2D eigenvalue weighted by atomic mass is 19.1. The van der Waals surface area contributed by atoms with Gasteiger partial charge in [-0.25, -0.2) is 4.39 Å². The van der Waals surface area contributed by atoms with Crippen molar-refractivity contribution in [3.63, 3.8) is 0 Å². The van der Waals surface area contributed by atoms with Gasteiger partial charge in [0.05, 0.1) is 5.69 Å². The first-order chi connectivity index (χ1) is 9.38. The molecule has 4 nitrogen and oxygen atoms in total. The van der Waals surface area contributed by atoms with Gasteiger partial charge < -0.3 is 10.2 Å². The van der Waals surface area contributed by atoms with Gasteiger partial charge >= 0.3 is 0 Å². The Labute approximate surface area is 118 Å². The molecule has 0 aromatic heterocycles. The lowest BCUT2D eigenvalue weighted by Crippen LogP contribution is -2.58. The van der Waals surface area contributed by atoms with Crippen LogP contribution in [0.3, 0.4) is 0 Å². The lowest BCUT2D eigenvalue weighted by atomic mass is 10.00. The summed E-state index contributed by atoms with van der Waals surface area (Å²) < 4.78 is 13.4.